The molecule has 2 aromatic rings. The van der Waals surface area contributed by atoms with E-state index in [0.717, 1.165) is 0 Å². The third-order valence-electron chi connectivity index (χ3n) is 3.01. The van der Waals surface area contributed by atoms with Crippen LogP contribution in [0.5, 0.6) is 0 Å². The molecular formula is C17H18FN3O2. The molecule has 0 radical (unpaired) electrons. The predicted octanol–water partition coefficient (Wildman–Crippen LogP) is 2.86. The first-order valence-corrected chi connectivity index (χ1v) is 7.28. The van der Waals surface area contributed by atoms with Crippen LogP contribution in [-0.2, 0) is 0 Å². The second-order valence-corrected chi connectivity index (χ2v) is 5.45. The third kappa shape index (κ3) is 4.60. The predicted molar refractivity (Wildman–Crippen MR) is 85.8 cm³/mol. The van der Waals surface area contributed by atoms with Gasteiger partial charge in [-0.3, -0.25) is 9.59 Å². The smallest absolute Gasteiger partial charge is 0.274 e. The molecular weight excluding hydrogens is 297 g/mol. The van der Waals surface area contributed by atoms with E-state index in [1.165, 1.54) is 30.3 Å². The molecule has 0 atom stereocenters. The number of aromatic nitrogens is 1. The van der Waals surface area contributed by atoms with Crippen molar-refractivity contribution in [3.8, 4) is 0 Å². The lowest BCUT2D eigenvalue weighted by Crippen LogP contribution is -2.28. The Balaban J connectivity index is 2.11. The molecule has 1 heterocycles. The molecule has 0 bridgehead atoms. The van der Waals surface area contributed by atoms with Crippen LogP contribution in [0.4, 0.5) is 10.1 Å². The van der Waals surface area contributed by atoms with Crippen LogP contribution in [0, 0.1) is 11.7 Å². The van der Waals surface area contributed by atoms with Gasteiger partial charge in [-0.25, -0.2) is 9.37 Å². The first-order chi connectivity index (χ1) is 11.0. The quantitative estimate of drug-likeness (QED) is 0.891. The molecule has 0 aliphatic rings. The topological polar surface area (TPSA) is 71.1 Å². The van der Waals surface area contributed by atoms with Gasteiger partial charge in [0.15, 0.2) is 0 Å². The highest BCUT2D eigenvalue weighted by Crippen LogP contribution is 2.13. The zero-order chi connectivity index (χ0) is 16.8. The van der Waals surface area contributed by atoms with E-state index in [2.05, 4.69) is 15.6 Å². The van der Waals surface area contributed by atoms with Crippen molar-refractivity contribution in [3.63, 3.8) is 0 Å². The van der Waals surface area contributed by atoms with Gasteiger partial charge in [-0.15, -0.1) is 0 Å². The van der Waals surface area contributed by atoms with Gasteiger partial charge in [0.1, 0.15) is 17.2 Å². The van der Waals surface area contributed by atoms with Crippen LogP contribution in [-0.4, -0.2) is 23.3 Å². The molecule has 6 heteroatoms. The van der Waals surface area contributed by atoms with Crippen LogP contribution in [0.15, 0.2) is 42.5 Å². The van der Waals surface area contributed by atoms with E-state index in [1.807, 2.05) is 13.8 Å². The number of hydrogen-bond acceptors (Lipinski definition) is 3. The van der Waals surface area contributed by atoms with Crippen molar-refractivity contribution in [1.82, 2.24) is 10.3 Å². The molecule has 2 rings (SSSR count). The van der Waals surface area contributed by atoms with E-state index in [-0.39, 0.29) is 23.0 Å². The Morgan fingerprint density at radius 3 is 2.35 bits per heavy atom. The number of para-hydroxylation sites is 1. The van der Waals surface area contributed by atoms with E-state index in [1.54, 1.807) is 12.1 Å². The summed E-state index contributed by atoms with van der Waals surface area (Å²) in [7, 11) is 0. The highest BCUT2D eigenvalue weighted by Gasteiger charge is 2.13. The fourth-order valence-electron chi connectivity index (χ4n) is 1.82. The number of carbonyl (C=O) groups is 2. The summed E-state index contributed by atoms with van der Waals surface area (Å²) >= 11 is 0. The van der Waals surface area contributed by atoms with Gasteiger partial charge in [0, 0.05) is 6.54 Å². The van der Waals surface area contributed by atoms with Crippen LogP contribution in [0.2, 0.25) is 0 Å². The lowest BCUT2D eigenvalue weighted by atomic mass is 10.2. The molecule has 0 aliphatic heterocycles. The minimum absolute atomic E-state index is 0.0467. The van der Waals surface area contributed by atoms with Gasteiger partial charge in [0.25, 0.3) is 11.8 Å². The Labute approximate surface area is 133 Å². The second kappa shape index (κ2) is 7.49. The monoisotopic (exact) mass is 315 g/mol. The number of nitrogens with one attached hydrogen (secondary N) is 2. The highest BCUT2D eigenvalue weighted by atomic mass is 19.1. The Morgan fingerprint density at radius 2 is 1.70 bits per heavy atom. The van der Waals surface area contributed by atoms with Gasteiger partial charge < -0.3 is 10.6 Å². The number of hydrogen-bond donors (Lipinski definition) is 2. The third-order valence-corrected chi connectivity index (χ3v) is 3.01. The lowest BCUT2D eigenvalue weighted by molar-refractivity contribution is 0.0944. The second-order valence-electron chi connectivity index (χ2n) is 5.45. The van der Waals surface area contributed by atoms with E-state index >= 15 is 0 Å². The van der Waals surface area contributed by atoms with Gasteiger partial charge in [0.05, 0.1) is 5.69 Å². The number of halogens is 1. The fraction of sp³-hybridized carbons (Fsp3) is 0.235. The number of benzene rings is 1. The average molecular weight is 315 g/mol. The van der Waals surface area contributed by atoms with Crippen molar-refractivity contribution < 1.29 is 14.0 Å². The number of rotatable bonds is 5. The van der Waals surface area contributed by atoms with Gasteiger partial charge in [-0.05, 0) is 30.2 Å². The van der Waals surface area contributed by atoms with E-state index in [4.69, 9.17) is 0 Å². The van der Waals surface area contributed by atoms with Gasteiger partial charge in [-0.1, -0.05) is 32.0 Å². The molecule has 0 aliphatic carbocycles. The summed E-state index contributed by atoms with van der Waals surface area (Å²) in [5.74, 6) is -1.15. The molecule has 0 spiro atoms. The van der Waals surface area contributed by atoms with Crippen LogP contribution < -0.4 is 10.6 Å². The summed E-state index contributed by atoms with van der Waals surface area (Å²) in [5, 5.41) is 5.16. The zero-order valence-corrected chi connectivity index (χ0v) is 13.0. The molecule has 1 aromatic heterocycles. The molecule has 2 N–H and O–H groups in total. The van der Waals surface area contributed by atoms with Crippen molar-refractivity contribution in [2.45, 2.75) is 13.8 Å². The molecule has 0 saturated heterocycles. The molecule has 1 aromatic carbocycles. The molecule has 0 unspecified atom stereocenters. The molecule has 2 amide bonds. The Kier molecular flexibility index (Phi) is 5.41. The van der Waals surface area contributed by atoms with E-state index in [0.29, 0.717) is 12.5 Å². The first-order valence-electron chi connectivity index (χ1n) is 7.28. The van der Waals surface area contributed by atoms with Crippen LogP contribution in [0.25, 0.3) is 0 Å². The molecule has 23 heavy (non-hydrogen) atoms. The SMILES string of the molecule is CC(C)CNC(=O)c1cccc(C(=O)Nc2ccccc2F)n1. The number of amides is 2. The van der Waals surface area contributed by atoms with E-state index in [9.17, 15) is 14.0 Å². The van der Waals surface area contributed by atoms with Crippen molar-refractivity contribution in [2.24, 2.45) is 5.92 Å². The van der Waals surface area contributed by atoms with Gasteiger partial charge >= 0.3 is 0 Å². The lowest BCUT2D eigenvalue weighted by Gasteiger charge is -2.09. The van der Waals surface area contributed by atoms with E-state index < -0.39 is 11.7 Å². The number of carbonyl (C=O) groups excluding carboxylic acids is 2. The minimum atomic E-state index is -0.575. The molecule has 0 fully saturated rings. The Bertz CT molecular complexity index is 716. The van der Waals surface area contributed by atoms with Crippen molar-refractivity contribution >= 4 is 17.5 Å². The molecule has 120 valence electrons. The summed E-state index contributed by atoms with van der Waals surface area (Å²) in [4.78, 5) is 28.1. The largest absolute Gasteiger partial charge is 0.350 e. The van der Waals surface area contributed by atoms with Crippen LogP contribution in [0.1, 0.15) is 34.8 Å². The zero-order valence-electron chi connectivity index (χ0n) is 13.0. The minimum Gasteiger partial charge on any atom is -0.350 e. The average Bonchev–Trinajstić information content (AvgIpc) is 2.54. The fourth-order valence-corrected chi connectivity index (χ4v) is 1.82. The van der Waals surface area contributed by atoms with Crippen molar-refractivity contribution in [1.29, 1.82) is 0 Å². The maximum absolute atomic E-state index is 13.5. The van der Waals surface area contributed by atoms with Crippen molar-refractivity contribution in [3.05, 3.63) is 59.7 Å². The van der Waals surface area contributed by atoms with Crippen molar-refractivity contribution in [2.75, 3.05) is 11.9 Å². The number of nitrogens with zero attached hydrogens (tertiary/aromatic N) is 1. The highest BCUT2D eigenvalue weighted by molar-refractivity contribution is 6.03. The summed E-state index contributed by atoms with van der Waals surface area (Å²) < 4.78 is 13.5. The van der Waals surface area contributed by atoms with Crippen LogP contribution in [0.3, 0.4) is 0 Å². The maximum atomic E-state index is 13.5. The van der Waals surface area contributed by atoms with Gasteiger partial charge in [-0.2, -0.15) is 0 Å². The normalized spacial score (nSPS) is 10.4. The maximum Gasteiger partial charge on any atom is 0.274 e. The number of anilines is 1. The summed E-state index contributed by atoms with van der Waals surface area (Å²) in [6, 6.07) is 10.4. The summed E-state index contributed by atoms with van der Waals surface area (Å²) in [6.45, 7) is 4.48. The number of pyridine rings is 1. The standard InChI is InChI=1S/C17H18FN3O2/c1-11(2)10-19-16(22)14-8-5-9-15(20-14)17(23)21-13-7-4-3-6-12(13)18/h3-9,11H,10H2,1-2H3,(H,19,22)(H,21,23). The van der Waals surface area contributed by atoms with Gasteiger partial charge in [0.2, 0.25) is 0 Å². The Morgan fingerprint density at radius 1 is 1.04 bits per heavy atom. The molecule has 0 saturated carbocycles. The first kappa shape index (κ1) is 16.6. The Hall–Kier alpha value is -2.76. The van der Waals surface area contributed by atoms with Crippen LogP contribution >= 0.6 is 0 Å². The summed E-state index contributed by atoms with van der Waals surface area (Å²) in [5.41, 5.74) is 0.256. The summed E-state index contributed by atoms with van der Waals surface area (Å²) in [6.07, 6.45) is 0. The molecule has 5 nitrogen and oxygen atoms in total.